The number of halogens is 1. The minimum absolute atomic E-state index is 0.0587. The molecule has 1 aliphatic carbocycles. The lowest BCUT2D eigenvalue weighted by molar-refractivity contribution is 0.0599. The molecule has 0 heterocycles. The van der Waals surface area contributed by atoms with Gasteiger partial charge in [0.25, 0.3) is 5.91 Å². The van der Waals surface area contributed by atoms with Gasteiger partial charge in [-0.1, -0.05) is 0 Å². The maximum absolute atomic E-state index is 12.3. The molecule has 0 unspecified atom stereocenters. The summed E-state index contributed by atoms with van der Waals surface area (Å²) in [4.78, 5) is 12.3. The summed E-state index contributed by atoms with van der Waals surface area (Å²) in [5.74, 6) is 0.623. The topological polar surface area (TPSA) is 47.6 Å². The predicted molar refractivity (Wildman–Crippen MR) is 81.2 cm³/mol. The van der Waals surface area contributed by atoms with Crippen LogP contribution >= 0.6 is 15.9 Å². The maximum atomic E-state index is 12.3. The first-order chi connectivity index (χ1) is 9.63. The van der Waals surface area contributed by atoms with E-state index in [1.54, 1.807) is 20.3 Å². The van der Waals surface area contributed by atoms with Crippen LogP contribution in [0.2, 0.25) is 0 Å². The van der Waals surface area contributed by atoms with E-state index in [1.165, 1.54) is 0 Å². The van der Waals surface area contributed by atoms with Gasteiger partial charge in [0.15, 0.2) is 0 Å². The molecule has 0 aliphatic heterocycles. The van der Waals surface area contributed by atoms with E-state index >= 15 is 0 Å². The number of carbonyl (C=O) groups excluding carboxylic acids is 1. The van der Waals surface area contributed by atoms with Gasteiger partial charge in [-0.25, -0.2) is 0 Å². The van der Waals surface area contributed by atoms with E-state index in [-0.39, 0.29) is 11.9 Å². The molecule has 1 saturated carbocycles. The minimum atomic E-state index is -0.0587. The number of methoxy groups -OCH3 is 2. The number of hydrogen-bond donors (Lipinski definition) is 1. The summed E-state index contributed by atoms with van der Waals surface area (Å²) in [5, 5.41) is 3.09. The molecule has 1 aromatic rings. The smallest absolute Gasteiger partial charge is 0.252 e. The molecule has 1 fully saturated rings. The lowest BCUT2D eigenvalue weighted by Gasteiger charge is -2.28. The lowest BCUT2D eigenvalue weighted by atomic mass is 9.93. The summed E-state index contributed by atoms with van der Waals surface area (Å²) in [7, 11) is 3.34. The third-order valence-electron chi connectivity index (χ3n) is 3.76. The molecule has 1 N–H and O–H groups in total. The molecular formula is C15H20BrNO3. The van der Waals surface area contributed by atoms with Crippen LogP contribution in [-0.2, 0) is 4.74 Å². The highest BCUT2D eigenvalue weighted by atomic mass is 79.9. The molecule has 0 aromatic heterocycles. The molecule has 0 radical (unpaired) electrons. The van der Waals surface area contributed by atoms with E-state index < -0.39 is 0 Å². The Bertz CT molecular complexity index is 470. The second-order valence-electron chi connectivity index (χ2n) is 5.03. The largest absolute Gasteiger partial charge is 0.497 e. The number of hydrogen-bond acceptors (Lipinski definition) is 3. The highest BCUT2D eigenvalue weighted by Crippen LogP contribution is 2.24. The van der Waals surface area contributed by atoms with E-state index in [0.717, 1.165) is 30.2 Å². The average molecular weight is 342 g/mol. The minimum Gasteiger partial charge on any atom is -0.497 e. The van der Waals surface area contributed by atoms with Gasteiger partial charge in [0.2, 0.25) is 0 Å². The Morgan fingerprint density at radius 2 is 1.95 bits per heavy atom. The Morgan fingerprint density at radius 3 is 2.55 bits per heavy atom. The zero-order chi connectivity index (χ0) is 14.5. The van der Waals surface area contributed by atoms with E-state index in [2.05, 4.69) is 21.2 Å². The van der Waals surface area contributed by atoms with Gasteiger partial charge in [0.05, 0.1) is 18.8 Å². The standard InChI is InChI=1S/C15H20BrNO3/c1-19-11-5-3-10(4-6-11)17-15(18)13-9-12(20-2)7-8-14(13)16/h7-11H,3-6H2,1-2H3,(H,17,18). The van der Waals surface area contributed by atoms with Crippen LogP contribution in [0.4, 0.5) is 0 Å². The van der Waals surface area contributed by atoms with Crippen molar-refractivity contribution >= 4 is 21.8 Å². The van der Waals surface area contributed by atoms with Crippen molar-refractivity contribution in [2.45, 2.75) is 37.8 Å². The molecule has 20 heavy (non-hydrogen) atoms. The summed E-state index contributed by atoms with van der Waals surface area (Å²) in [6, 6.07) is 5.63. The Morgan fingerprint density at radius 1 is 1.25 bits per heavy atom. The first kappa shape index (κ1) is 15.3. The molecule has 0 atom stereocenters. The van der Waals surface area contributed by atoms with Crippen molar-refractivity contribution in [1.82, 2.24) is 5.32 Å². The van der Waals surface area contributed by atoms with Crippen LogP contribution in [0.15, 0.2) is 22.7 Å². The number of carbonyl (C=O) groups is 1. The van der Waals surface area contributed by atoms with Crippen LogP contribution in [0.25, 0.3) is 0 Å². The molecule has 0 saturated heterocycles. The van der Waals surface area contributed by atoms with Crippen molar-refractivity contribution in [3.63, 3.8) is 0 Å². The van der Waals surface area contributed by atoms with Gasteiger partial charge < -0.3 is 14.8 Å². The third kappa shape index (κ3) is 3.73. The van der Waals surface area contributed by atoms with Crippen molar-refractivity contribution < 1.29 is 14.3 Å². The van der Waals surface area contributed by atoms with Gasteiger partial charge in [-0.2, -0.15) is 0 Å². The molecule has 2 rings (SSSR count). The first-order valence-electron chi connectivity index (χ1n) is 6.81. The summed E-state index contributed by atoms with van der Waals surface area (Å²) in [5.41, 5.74) is 0.609. The molecule has 0 bridgehead atoms. The van der Waals surface area contributed by atoms with Crippen molar-refractivity contribution in [3.8, 4) is 5.75 Å². The van der Waals surface area contributed by atoms with Crippen LogP contribution < -0.4 is 10.1 Å². The third-order valence-corrected chi connectivity index (χ3v) is 4.45. The van der Waals surface area contributed by atoms with Crippen molar-refractivity contribution in [1.29, 1.82) is 0 Å². The highest BCUT2D eigenvalue weighted by molar-refractivity contribution is 9.10. The first-order valence-corrected chi connectivity index (χ1v) is 7.60. The summed E-state index contributed by atoms with van der Waals surface area (Å²) < 4.78 is 11.3. The number of amides is 1. The quantitative estimate of drug-likeness (QED) is 0.914. The number of ether oxygens (including phenoxy) is 2. The Balaban J connectivity index is 1.98. The van der Waals surface area contributed by atoms with E-state index in [9.17, 15) is 4.79 Å². The summed E-state index contributed by atoms with van der Waals surface area (Å²) in [6.07, 6.45) is 4.27. The zero-order valence-corrected chi connectivity index (χ0v) is 13.4. The molecule has 0 spiro atoms. The molecule has 1 amide bonds. The van der Waals surface area contributed by atoms with Crippen molar-refractivity contribution in [3.05, 3.63) is 28.2 Å². The van der Waals surface area contributed by atoms with Gasteiger partial charge in [-0.05, 0) is 59.8 Å². The summed E-state index contributed by atoms with van der Waals surface area (Å²) >= 11 is 3.41. The number of nitrogens with one attached hydrogen (secondary N) is 1. The molecule has 1 aromatic carbocycles. The van der Waals surface area contributed by atoms with Crippen LogP contribution in [0.1, 0.15) is 36.0 Å². The van der Waals surface area contributed by atoms with Crippen LogP contribution in [0.5, 0.6) is 5.75 Å². The van der Waals surface area contributed by atoms with E-state index in [0.29, 0.717) is 17.4 Å². The lowest BCUT2D eigenvalue weighted by Crippen LogP contribution is -2.39. The van der Waals surface area contributed by atoms with Crippen LogP contribution in [0.3, 0.4) is 0 Å². The second-order valence-corrected chi connectivity index (χ2v) is 5.88. The van der Waals surface area contributed by atoms with Crippen molar-refractivity contribution in [2.24, 2.45) is 0 Å². The fourth-order valence-corrected chi connectivity index (χ4v) is 2.94. The van der Waals surface area contributed by atoms with Gasteiger partial charge in [-0.3, -0.25) is 4.79 Å². The second kappa shape index (κ2) is 7.09. The molecule has 110 valence electrons. The zero-order valence-electron chi connectivity index (χ0n) is 11.8. The Hall–Kier alpha value is -1.07. The van der Waals surface area contributed by atoms with E-state index in [1.807, 2.05) is 12.1 Å². The fraction of sp³-hybridized carbons (Fsp3) is 0.533. The molecular weight excluding hydrogens is 322 g/mol. The predicted octanol–water partition coefficient (Wildman–Crippen LogP) is 3.15. The molecule has 5 heteroatoms. The van der Waals surface area contributed by atoms with Gasteiger partial charge in [0, 0.05) is 17.6 Å². The van der Waals surface area contributed by atoms with E-state index in [4.69, 9.17) is 9.47 Å². The van der Waals surface area contributed by atoms with Gasteiger partial charge >= 0.3 is 0 Å². The average Bonchev–Trinajstić information content (AvgIpc) is 2.48. The van der Waals surface area contributed by atoms with Gasteiger partial charge in [0.1, 0.15) is 5.75 Å². The van der Waals surface area contributed by atoms with Crippen LogP contribution in [0, 0.1) is 0 Å². The Kier molecular flexibility index (Phi) is 5.43. The highest BCUT2D eigenvalue weighted by Gasteiger charge is 2.23. The monoisotopic (exact) mass is 341 g/mol. The molecule has 1 aliphatic rings. The maximum Gasteiger partial charge on any atom is 0.252 e. The SMILES string of the molecule is COc1ccc(Br)c(C(=O)NC2CCC(OC)CC2)c1. The summed E-state index contributed by atoms with van der Waals surface area (Å²) in [6.45, 7) is 0. The molecule has 4 nitrogen and oxygen atoms in total. The van der Waals surface area contributed by atoms with Crippen molar-refractivity contribution in [2.75, 3.05) is 14.2 Å². The van der Waals surface area contributed by atoms with Crippen LogP contribution in [-0.4, -0.2) is 32.3 Å². The van der Waals surface area contributed by atoms with Gasteiger partial charge in [-0.15, -0.1) is 0 Å². The Labute approximate surface area is 128 Å². The number of benzene rings is 1. The fourth-order valence-electron chi connectivity index (χ4n) is 2.51. The normalized spacial score (nSPS) is 22.4. The number of rotatable bonds is 4.